The fourth-order valence-corrected chi connectivity index (χ4v) is 4.34. The van der Waals surface area contributed by atoms with Crippen molar-refractivity contribution in [2.24, 2.45) is 0 Å². The van der Waals surface area contributed by atoms with Gasteiger partial charge in [0.15, 0.2) is 5.16 Å². The lowest BCUT2D eigenvalue weighted by Gasteiger charge is -2.09. The summed E-state index contributed by atoms with van der Waals surface area (Å²) >= 11 is 3.47. The molecule has 0 unspecified atom stereocenters. The van der Waals surface area contributed by atoms with Crippen LogP contribution in [-0.4, -0.2) is 25.5 Å². The molecule has 0 aliphatic heterocycles. The molecule has 4 nitrogen and oxygen atoms in total. The first-order valence-corrected chi connectivity index (χ1v) is 10.3. The minimum Gasteiger partial charge on any atom is -0.274 e. The molecule has 0 spiro atoms. The maximum Gasteiger partial charge on any atom is 0.195 e. The first-order valence-electron chi connectivity index (χ1n) is 8.45. The van der Waals surface area contributed by atoms with Crippen molar-refractivity contribution in [3.63, 3.8) is 0 Å². The normalized spacial score (nSPS) is 10.9. The molecule has 0 amide bonds. The third kappa shape index (κ3) is 4.03. The van der Waals surface area contributed by atoms with E-state index in [1.54, 1.807) is 23.1 Å². The highest BCUT2D eigenvalue weighted by Crippen LogP contribution is 2.25. The predicted octanol–water partition coefficient (Wildman–Crippen LogP) is 4.65. The Kier molecular flexibility index (Phi) is 5.42. The quantitative estimate of drug-likeness (QED) is 0.439. The topological polar surface area (TPSA) is 43.6 Å². The van der Waals surface area contributed by atoms with Crippen molar-refractivity contribution in [1.82, 2.24) is 19.7 Å². The number of benzene rings is 1. The van der Waals surface area contributed by atoms with Gasteiger partial charge in [0.2, 0.25) is 0 Å². The Morgan fingerprint density at radius 2 is 1.81 bits per heavy atom. The molecule has 6 heteroatoms. The minimum absolute atomic E-state index is 0.792. The number of aryl methyl sites for hydroxylation is 1. The van der Waals surface area contributed by atoms with Crippen LogP contribution in [0.2, 0.25) is 0 Å². The fraction of sp³-hybridized carbons (Fsp3) is 0.150. The fourth-order valence-electron chi connectivity index (χ4n) is 2.71. The Morgan fingerprint density at radius 3 is 2.58 bits per heavy atom. The number of nitrogens with zero attached hydrogens (tertiary/aromatic N) is 4. The molecular weight excluding hydrogens is 360 g/mol. The molecule has 3 aromatic heterocycles. The molecule has 0 saturated carbocycles. The summed E-state index contributed by atoms with van der Waals surface area (Å²) in [5.41, 5.74) is 2.20. The molecule has 0 aliphatic carbocycles. The van der Waals surface area contributed by atoms with Gasteiger partial charge in [-0.25, -0.2) is 0 Å². The van der Waals surface area contributed by atoms with Gasteiger partial charge < -0.3 is 0 Å². The molecule has 3 heterocycles. The van der Waals surface area contributed by atoms with Gasteiger partial charge in [0.05, 0.1) is 0 Å². The van der Waals surface area contributed by atoms with E-state index < -0.39 is 0 Å². The van der Waals surface area contributed by atoms with E-state index in [0.29, 0.717) is 0 Å². The standard InChI is InChI=1S/C20H18N4S2/c1-2-8-17(9-3-1)24-19(15-18-10-6-13-25-18)22-23-20(24)26-14-11-16-7-4-5-12-21-16/h1-10,12-13H,11,14-15H2. The lowest BCUT2D eigenvalue weighted by molar-refractivity contribution is 0.850. The average molecular weight is 379 g/mol. The van der Waals surface area contributed by atoms with Crippen molar-refractivity contribution in [2.45, 2.75) is 18.0 Å². The van der Waals surface area contributed by atoms with Crippen molar-refractivity contribution in [3.8, 4) is 5.69 Å². The van der Waals surface area contributed by atoms with Gasteiger partial charge in [-0.2, -0.15) is 0 Å². The first-order chi connectivity index (χ1) is 12.9. The number of thioether (sulfide) groups is 1. The summed E-state index contributed by atoms with van der Waals surface area (Å²) < 4.78 is 2.17. The third-order valence-electron chi connectivity index (χ3n) is 3.94. The van der Waals surface area contributed by atoms with Gasteiger partial charge >= 0.3 is 0 Å². The molecule has 0 bridgehead atoms. The van der Waals surface area contributed by atoms with Crippen LogP contribution in [0.15, 0.2) is 77.4 Å². The predicted molar refractivity (Wildman–Crippen MR) is 107 cm³/mol. The highest BCUT2D eigenvalue weighted by atomic mass is 32.2. The number of pyridine rings is 1. The largest absolute Gasteiger partial charge is 0.274 e. The van der Waals surface area contributed by atoms with E-state index in [9.17, 15) is 0 Å². The summed E-state index contributed by atoms with van der Waals surface area (Å²) in [5, 5.41) is 12.0. The summed E-state index contributed by atoms with van der Waals surface area (Å²) in [7, 11) is 0. The smallest absolute Gasteiger partial charge is 0.195 e. The molecule has 4 rings (SSSR count). The van der Waals surface area contributed by atoms with Crippen molar-refractivity contribution in [2.75, 3.05) is 5.75 Å². The summed E-state index contributed by atoms with van der Waals surface area (Å²) in [6.07, 6.45) is 3.54. The second-order valence-corrected chi connectivity index (χ2v) is 7.84. The van der Waals surface area contributed by atoms with E-state index >= 15 is 0 Å². The molecule has 0 fully saturated rings. The second kappa shape index (κ2) is 8.29. The van der Waals surface area contributed by atoms with E-state index in [1.165, 1.54) is 4.88 Å². The van der Waals surface area contributed by atoms with Crippen LogP contribution < -0.4 is 0 Å². The van der Waals surface area contributed by atoms with E-state index in [0.717, 1.165) is 41.0 Å². The van der Waals surface area contributed by atoms with Gasteiger partial charge in [-0.15, -0.1) is 21.5 Å². The Morgan fingerprint density at radius 1 is 0.923 bits per heavy atom. The van der Waals surface area contributed by atoms with E-state index in [-0.39, 0.29) is 0 Å². The van der Waals surface area contributed by atoms with Crippen LogP contribution in [0.1, 0.15) is 16.4 Å². The van der Waals surface area contributed by atoms with Gasteiger partial charge in [-0.05, 0) is 42.1 Å². The van der Waals surface area contributed by atoms with Crippen LogP contribution >= 0.6 is 23.1 Å². The Labute approximate surface area is 161 Å². The number of thiophene rings is 1. The number of rotatable bonds is 7. The summed E-state index contributed by atoms with van der Waals surface area (Å²) in [5.74, 6) is 1.89. The molecule has 0 radical (unpaired) electrons. The molecular formula is C20H18N4S2. The van der Waals surface area contributed by atoms with Gasteiger partial charge in [0, 0.05) is 34.6 Å². The number of hydrogen-bond acceptors (Lipinski definition) is 5. The van der Waals surface area contributed by atoms with Crippen LogP contribution in [0.25, 0.3) is 5.69 Å². The summed E-state index contributed by atoms with van der Waals surface area (Å²) in [4.78, 5) is 5.68. The van der Waals surface area contributed by atoms with Crippen LogP contribution in [0.4, 0.5) is 0 Å². The van der Waals surface area contributed by atoms with Crippen molar-refractivity contribution >= 4 is 23.1 Å². The summed E-state index contributed by atoms with van der Waals surface area (Å²) in [6.45, 7) is 0. The zero-order valence-corrected chi connectivity index (χ0v) is 15.8. The lowest BCUT2D eigenvalue weighted by atomic mass is 10.3. The van der Waals surface area contributed by atoms with Crippen LogP contribution in [0.3, 0.4) is 0 Å². The monoisotopic (exact) mass is 378 g/mol. The van der Waals surface area contributed by atoms with E-state index in [2.05, 4.69) is 55.5 Å². The first kappa shape index (κ1) is 17.0. The molecule has 0 aliphatic rings. The number of para-hydroxylation sites is 1. The molecule has 26 heavy (non-hydrogen) atoms. The molecule has 0 N–H and O–H groups in total. The van der Waals surface area contributed by atoms with Crippen LogP contribution in [0, 0.1) is 0 Å². The Hall–Kier alpha value is -2.44. The Balaban J connectivity index is 1.56. The third-order valence-corrected chi connectivity index (χ3v) is 5.75. The number of aromatic nitrogens is 4. The van der Waals surface area contributed by atoms with Gasteiger partial charge in [-0.1, -0.05) is 42.1 Å². The maximum absolute atomic E-state index is 4.48. The molecule has 4 aromatic rings. The minimum atomic E-state index is 0.792. The molecule has 0 atom stereocenters. The van der Waals surface area contributed by atoms with Crippen LogP contribution in [-0.2, 0) is 12.8 Å². The lowest BCUT2D eigenvalue weighted by Crippen LogP contribution is -2.03. The van der Waals surface area contributed by atoms with E-state index in [4.69, 9.17) is 0 Å². The second-order valence-electron chi connectivity index (χ2n) is 5.75. The highest BCUT2D eigenvalue weighted by molar-refractivity contribution is 7.99. The zero-order chi connectivity index (χ0) is 17.6. The van der Waals surface area contributed by atoms with Gasteiger partial charge in [0.1, 0.15) is 5.82 Å². The van der Waals surface area contributed by atoms with Crippen molar-refractivity contribution in [1.29, 1.82) is 0 Å². The summed E-state index contributed by atoms with van der Waals surface area (Å²) in [6, 6.07) is 20.6. The van der Waals surface area contributed by atoms with Crippen LogP contribution in [0.5, 0.6) is 0 Å². The van der Waals surface area contributed by atoms with Gasteiger partial charge in [-0.3, -0.25) is 9.55 Å². The van der Waals surface area contributed by atoms with Crippen molar-refractivity contribution in [3.05, 3.63) is 88.6 Å². The molecule has 1 aromatic carbocycles. The highest BCUT2D eigenvalue weighted by Gasteiger charge is 2.15. The Bertz CT molecular complexity index is 935. The number of hydrogen-bond donors (Lipinski definition) is 0. The maximum atomic E-state index is 4.48. The van der Waals surface area contributed by atoms with Crippen molar-refractivity contribution < 1.29 is 0 Å². The average Bonchev–Trinajstić information content (AvgIpc) is 3.34. The van der Waals surface area contributed by atoms with Gasteiger partial charge in [0.25, 0.3) is 0 Å². The van der Waals surface area contributed by atoms with E-state index in [1.807, 2.05) is 36.5 Å². The molecule has 0 saturated heterocycles. The zero-order valence-electron chi connectivity index (χ0n) is 14.2. The SMILES string of the molecule is c1ccc(-n2c(Cc3cccs3)nnc2SCCc2ccccn2)cc1. The molecule has 130 valence electrons.